The monoisotopic (exact) mass is 436 g/mol. The fourth-order valence-electron chi connectivity index (χ4n) is 3.51. The van der Waals surface area contributed by atoms with Crippen LogP contribution in [-0.4, -0.2) is 60.4 Å². The van der Waals surface area contributed by atoms with E-state index in [1.807, 2.05) is 0 Å². The van der Waals surface area contributed by atoms with Gasteiger partial charge in [-0.3, -0.25) is 14.4 Å². The molecule has 0 aromatic carbocycles. The van der Waals surface area contributed by atoms with E-state index >= 15 is 0 Å². The van der Waals surface area contributed by atoms with E-state index in [2.05, 4.69) is 16.4 Å². The molecule has 1 unspecified atom stereocenters. The summed E-state index contributed by atoms with van der Waals surface area (Å²) in [4.78, 5) is 38.7. The predicted octanol–water partition coefficient (Wildman–Crippen LogP) is -0.295. The normalized spacial score (nSPS) is 29.5. The van der Waals surface area contributed by atoms with E-state index in [4.69, 9.17) is 24.7 Å². The van der Waals surface area contributed by atoms with Gasteiger partial charge in [-0.1, -0.05) is 0 Å². The molecule has 3 rings (SSSR count). The summed E-state index contributed by atoms with van der Waals surface area (Å²) in [5.74, 6) is -0.567. The zero-order valence-corrected chi connectivity index (χ0v) is 17.5. The van der Waals surface area contributed by atoms with Crippen molar-refractivity contribution in [3.63, 3.8) is 0 Å². The van der Waals surface area contributed by atoms with E-state index in [0.29, 0.717) is 16.6 Å². The van der Waals surface area contributed by atoms with E-state index in [0.717, 1.165) is 0 Å². The van der Waals surface area contributed by atoms with Crippen LogP contribution in [0.4, 0.5) is 0 Å². The molecule has 3 heterocycles. The van der Waals surface area contributed by atoms with Gasteiger partial charge in [0.15, 0.2) is 12.2 Å². The van der Waals surface area contributed by atoms with Crippen molar-refractivity contribution in [1.82, 2.24) is 5.32 Å². The summed E-state index contributed by atoms with van der Waals surface area (Å²) in [6, 6.07) is 2.09. The van der Waals surface area contributed by atoms with Gasteiger partial charge < -0.3 is 30.0 Å². The lowest BCUT2D eigenvalue weighted by molar-refractivity contribution is -0.165. The van der Waals surface area contributed by atoms with Crippen molar-refractivity contribution in [3.05, 3.63) is 22.8 Å². The first-order valence-corrected chi connectivity index (χ1v) is 10.7. The average molecular weight is 436 g/mol. The van der Waals surface area contributed by atoms with E-state index in [-0.39, 0.29) is 12.4 Å². The van der Waals surface area contributed by atoms with Gasteiger partial charge in [0.2, 0.25) is 0 Å². The molecule has 160 valence electrons. The van der Waals surface area contributed by atoms with E-state index in [1.54, 1.807) is 5.82 Å². The first kappa shape index (κ1) is 21.6. The molecule has 12 heteroatoms. The number of hydrogen-bond donors (Lipinski definition) is 2. The number of aliphatic imine (C=N–C) groups is 1. The molecule has 0 amide bonds. The second kappa shape index (κ2) is 8.73. The highest BCUT2D eigenvalue weighted by Crippen LogP contribution is 2.50. The maximum atomic E-state index is 11.8. The average Bonchev–Trinajstić information content (AvgIpc) is 3.19. The first-order chi connectivity index (χ1) is 14.2. The quantitative estimate of drug-likeness (QED) is 0.332. The van der Waals surface area contributed by atoms with Gasteiger partial charge >= 0.3 is 17.9 Å². The molecule has 0 aliphatic carbocycles. The maximum Gasteiger partial charge on any atom is 0.303 e. The van der Waals surface area contributed by atoms with Crippen molar-refractivity contribution in [1.29, 1.82) is 5.26 Å². The molecule has 3 N–H and O–H groups in total. The van der Waals surface area contributed by atoms with Crippen molar-refractivity contribution in [2.24, 2.45) is 10.7 Å². The van der Waals surface area contributed by atoms with Crippen LogP contribution in [-0.2, 0) is 33.3 Å². The van der Waals surface area contributed by atoms with Crippen molar-refractivity contribution < 1.29 is 33.3 Å². The largest absolute Gasteiger partial charge is 0.463 e. The van der Waals surface area contributed by atoms with E-state index in [9.17, 15) is 19.6 Å². The molecule has 3 aliphatic heterocycles. The van der Waals surface area contributed by atoms with Gasteiger partial charge in [0.1, 0.15) is 30.4 Å². The number of rotatable bonds is 5. The van der Waals surface area contributed by atoms with E-state index in [1.165, 1.54) is 27.1 Å². The predicted molar refractivity (Wildman–Crippen MR) is 106 cm³/mol. The van der Waals surface area contributed by atoms with E-state index < -0.39 is 49.6 Å². The Kier molecular flexibility index (Phi) is 6.29. The number of carbonyl (C=O) groups excluding carboxylic acids is 3. The lowest BCUT2D eigenvalue weighted by Gasteiger charge is -2.25. The van der Waals surface area contributed by atoms with Crippen LogP contribution < -0.4 is 11.1 Å². The topological polar surface area (TPSA) is 162 Å². The Morgan fingerprint density at radius 3 is 2.50 bits per heavy atom. The summed E-state index contributed by atoms with van der Waals surface area (Å²) < 4.78 is 22.0. The third kappa shape index (κ3) is 4.25. The molecule has 3 aliphatic rings. The minimum absolute atomic E-state index is 0.187. The second-order valence-electron chi connectivity index (χ2n) is 6.71. The molecule has 0 aromatic heterocycles. The first-order valence-electron chi connectivity index (χ1n) is 9.01. The Morgan fingerprint density at radius 2 is 1.90 bits per heavy atom. The number of nitrogens with one attached hydrogen (secondary N) is 1. The molecular formula is C18H21N4O7P. The van der Waals surface area contributed by atoms with Gasteiger partial charge in [-0.25, -0.2) is 4.99 Å². The standard InChI is InChI=1S/C18H21N4O7P/c1-8(23)26-5-12-14(27-9(2)24)15(28-10(3)25)18(29-12)30-6-11(4-19)13-16(20)21-7-22-17(13)30/h6-7,12,14-15,18,30H,5,20H2,1-3H3,(H,21,22)/t12-,14-,15-,18+/m1/s1. The maximum absolute atomic E-state index is 11.8. The summed E-state index contributed by atoms with van der Waals surface area (Å²) in [7, 11) is -1.85. The van der Waals surface area contributed by atoms with Crippen LogP contribution in [0.15, 0.2) is 27.8 Å². The van der Waals surface area contributed by atoms with Crippen LogP contribution in [0.25, 0.3) is 0 Å². The van der Waals surface area contributed by atoms with Gasteiger partial charge in [0, 0.05) is 20.8 Å². The minimum Gasteiger partial charge on any atom is -0.463 e. The lowest BCUT2D eigenvalue weighted by atomic mass is 10.1. The Labute approximate surface area is 172 Å². The lowest BCUT2D eigenvalue weighted by Crippen LogP contribution is -2.41. The zero-order chi connectivity index (χ0) is 22.0. The zero-order valence-electron chi connectivity index (χ0n) is 16.5. The number of nitrogens with zero attached hydrogens (tertiary/aromatic N) is 2. The highest BCUT2D eigenvalue weighted by molar-refractivity contribution is 7.63. The van der Waals surface area contributed by atoms with Gasteiger partial charge in [-0.15, -0.1) is 0 Å². The Morgan fingerprint density at radius 1 is 1.23 bits per heavy atom. The molecule has 5 atom stereocenters. The highest BCUT2D eigenvalue weighted by Gasteiger charge is 2.51. The number of hydrogen-bond acceptors (Lipinski definition) is 11. The molecule has 1 saturated heterocycles. The summed E-state index contributed by atoms with van der Waals surface area (Å²) >= 11 is 0. The summed E-state index contributed by atoms with van der Waals surface area (Å²) in [6.45, 7) is 3.49. The highest BCUT2D eigenvalue weighted by atomic mass is 31.1. The SMILES string of the molecule is CC(=O)OC[C@H]1O[C@@H]([PH]2=C3NC=NC(N)=C3C(C#N)=C2)[C@H](OC(C)=O)[C@@H]1OC(C)=O. The number of esters is 3. The third-order valence-electron chi connectivity index (χ3n) is 4.57. The van der Waals surface area contributed by atoms with Gasteiger partial charge in [-0.2, -0.15) is 5.26 Å². The van der Waals surface area contributed by atoms with Crippen LogP contribution in [0.3, 0.4) is 0 Å². The number of nitrogens with two attached hydrogens (primary N) is 1. The minimum atomic E-state index is -1.85. The molecular weight excluding hydrogens is 415 g/mol. The fraction of sp³-hybridized carbons (Fsp3) is 0.444. The van der Waals surface area contributed by atoms with Crippen LogP contribution in [0.2, 0.25) is 0 Å². The third-order valence-corrected chi connectivity index (χ3v) is 7.22. The molecule has 0 radical (unpaired) electrons. The number of carbonyl (C=O) groups is 3. The summed E-state index contributed by atoms with van der Waals surface area (Å²) in [5, 5.41) is 12.5. The number of ether oxygens (including phenoxy) is 4. The van der Waals surface area contributed by atoms with Crippen LogP contribution in [0.5, 0.6) is 0 Å². The molecule has 0 spiro atoms. The Balaban J connectivity index is 2.04. The number of nitriles is 1. The molecule has 0 saturated carbocycles. The van der Waals surface area contributed by atoms with Crippen molar-refractivity contribution in [2.45, 2.75) is 44.9 Å². The van der Waals surface area contributed by atoms with Gasteiger partial charge in [0.05, 0.1) is 22.9 Å². The fourth-order valence-corrected chi connectivity index (χ4v) is 6.34. The van der Waals surface area contributed by atoms with Crippen LogP contribution in [0.1, 0.15) is 20.8 Å². The van der Waals surface area contributed by atoms with Crippen molar-refractivity contribution >= 4 is 37.2 Å². The van der Waals surface area contributed by atoms with Crippen molar-refractivity contribution in [3.8, 4) is 6.07 Å². The molecule has 30 heavy (non-hydrogen) atoms. The number of fused-ring (bicyclic) bond motifs is 1. The smallest absolute Gasteiger partial charge is 0.303 e. The Hall–Kier alpha value is -3.09. The molecule has 1 fully saturated rings. The molecule has 0 bridgehead atoms. The van der Waals surface area contributed by atoms with Crippen LogP contribution in [0, 0.1) is 11.3 Å². The van der Waals surface area contributed by atoms with Gasteiger partial charge in [-0.05, 0) is 13.4 Å². The second-order valence-corrected chi connectivity index (χ2v) is 8.98. The summed E-state index contributed by atoms with van der Waals surface area (Å²) in [5.41, 5.74) is 7.42. The van der Waals surface area contributed by atoms with Crippen molar-refractivity contribution in [2.75, 3.05) is 6.61 Å². The summed E-state index contributed by atoms with van der Waals surface area (Å²) in [6.07, 6.45) is -1.41. The molecule has 0 aromatic rings. The molecule has 11 nitrogen and oxygen atoms in total. The van der Waals surface area contributed by atoms with Crippen LogP contribution >= 0.6 is 7.55 Å². The Bertz CT molecular complexity index is 962. The van der Waals surface area contributed by atoms with Gasteiger partial charge in [0.25, 0.3) is 0 Å².